The number of hydrogen-bond acceptors (Lipinski definition) is 5. The van der Waals surface area contributed by atoms with Crippen LogP contribution in [0.1, 0.15) is 0 Å². The minimum atomic E-state index is -0.417. The van der Waals surface area contributed by atoms with Crippen molar-refractivity contribution >= 4 is 5.69 Å². The van der Waals surface area contributed by atoms with Gasteiger partial charge in [0, 0.05) is 12.1 Å². The highest BCUT2D eigenvalue weighted by molar-refractivity contribution is 5.27. The number of hydrogen-bond donors (Lipinski definition) is 0. The van der Waals surface area contributed by atoms with E-state index in [9.17, 15) is 10.1 Å². The summed E-state index contributed by atoms with van der Waals surface area (Å²) in [5.41, 5.74) is 0.137. The summed E-state index contributed by atoms with van der Waals surface area (Å²) in [5, 5.41) is 16.5. The number of nitro groups is 1. The van der Waals surface area contributed by atoms with Crippen LogP contribution in [0.2, 0.25) is 0 Å². The van der Waals surface area contributed by atoms with Gasteiger partial charge in [-0.15, -0.1) is 0 Å². The smallest absolute Gasteiger partial charge is 0.258 e. The summed E-state index contributed by atoms with van der Waals surface area (Å²) in [6.45, 7) is 0. The third kappa shape index (κ3) is 3.44. The summed E-state index contributed by atoms with van der Waals surface area (Å²) in [6.07, 6.45) is 2.94. The first-order valence-corrected chi connectivity index (χ1v) is 3.71. The van der Waals surface area contributed by atoms with Gasteiger partial charge in [0.05, 0.1) is 17.3 Å². The van der Waals surface area contributed by atoms with Crippen LogP contribution in [-0.4, -0.2) is 15.2 Å². The van der Waals surface area contributed by atoms with Gasteiger partial charge in [0.1, 0.15) is 0 Å². The van der Waals surface area contributed by atoms with Crippen molar-refractivity contribution in [3.8, 4) is 0 Å². The van der Waals surface area contributed by atoms with Crippen LogP contribution in [0.4, 0.5) is 5.69 Å². The van der Waals surface area contributed by atoms with Crippen molar-refractivity contribution < 1.29 is 9.55 Å². The Bertz CT molecular complexity index is 343. The Morgan fingerprint density at radius 3 is 2.00 bits per heavy atom. The van der Waals surface area contributed by atoms with E-state index in [1.807, 2.05) is 0 Å². The fourth-order valence-electron chi connectivity index (χ4n) is 0.686. The molecule has 0 aliphatic carbocycles. The van der Waals surface area contributed by atoms with E-state index in [0.29, 0.717) is 0 Å². The maximum absolute atomic E-state index is 10.0. The fourth-order valence-corrected chi connectivity index (χ4v) is 0.686. The van der Waals surface area contributed by atoms with Crippen LogP contribution in [0.15, 0.2) is 47.4 Å². The first-order chi connectivity index (χ1) is 6.80. The number of rotatable bonds is 1. The van der Waals surface area contributed by atoms with Crippen molar-refractivity contribution in [1.29, 1.82) is 0 Å². The van der Waals surface area contributed by atoms with Crippen molar-refractivity contribution in [2.75, 3.05) is 0 Å². The van der Waals surface area contributed by atoms with Gasteiger partial charge in [-0.1, -0.05) is 28.5 Å². The van der Waals surface area contributed by atoms with E-state index in [2.05, 4.69) is 14.9 Å². The molecule has 0 bridgehead atoms. The van der Waals surface area contributed by atoms with Crippen LogP contribution >= 0.6 is 0 Å². The van der Waals surface area contributed by atoms with Gasteiger partial charge < -0.3 is 0 Å². The van der Waals surface area contributed by atoms with Gasteiger partial charge in [-0.3, -0.25) is 10.1 Å². The molecule has 0 amide bonds. The van der Waals surface area contributed by atoms with Crippen LogP contribution < -0.4 is 0 Å². The molecule has 0 spiro atoms. The van der Waals surface area contributed by atoms with Crippen molar-refractivity contribution in [2.24, 2.45) is 0 Å². The van der Waals surface area contributed by atoms with Gasteiger partial charge in [-0.2, -0.15) is 0 Å². The summed E-state index contributed by atoms with van der Waals surface area (Å²) in [5.74, 6) is 0. The van der Waals surface area contributed by atoms with Crippen molar-refractivity contribution in [3.63, 3.8) is 0 Å². The molecule has 6 heteroatoms. The van der Waals surface area contributed by atoms with E-state index < -0.39 is 4.92 Å². The molecule has 0 atom stereocenters. The Morgan fingerprint density at radius 2 is 1.71 bits per heavy atom. The molecule has 0 N–H and O–H groups in total. The molecule has 0 aliphatic rings. The molecular weight excluding hydrogens is 186 g/mol. The third-order valence-corrected chi connectivity index (χ3v) is 1.25. The molecule has 0 fully saturated rings. The number of para-hydroxylation sites is 1. The fraction of sp³-hybridized carbons (Fsp3) is 0. The normalized spacial score (nSPS) is 8.57. The predicted molar refractivity (Wildman–Crippen MR) is 47.4 cm³/mol. The molecule has 72 valence electrons. The second-order valence-corrected chi connectivity index (χ2v) is 2.18. The average molecular weight is 193 g/mol. The summed E-state index contributed by atoms with van der Waals surface area (Å²) in [6, 6.07) is 7.93. The van der Waals surface area contributed by atoms with Crippen LogP contribution in [-0.2, 0) is 0 Å². The van der Waals surface area contributed by atoms with Crippen molar-refractivity contribution in [1.82, 2.24) is 10.3 Å². The van der Waals surface area contributed by atoms with Crippen molar-refractivity contribution in [3.05, 3.63) is 52.8 Å². The zero-order valence-electron chi connectivity index (χ0n) is 7.11. The maximum atomic E-state index is 10.0. The molecular formula is C8H7N3O3. The molecule has 0 aliphatic heterocycles. The molecule has 0 saturated heterocycles. The Hall–Kier alpha value is -2.24. The lowest BCUT2D eigenvalue weighted by atomic mass is 10.3. The highest BCUT2D eigenvalue weighted by atomic mass is 16.6. The zero-order valence-corrected chi connectivity index (χ0v) is 7.11. The van der Waals surface area contributed by atoms with Gasteiger partial charge in [0.25, 0.3) is 5.69 Å². The predicted octanol–water partition coefficient (Wildman–Crippen LogP) is 1.66. The molecule has 1 aromatic heterocycles. The SMILES string of the molecule is O=[N+]([O-])c1ccccc1.c1cnon1. The van der Waals surface area contributed by atoms with Gasteiger partial charge in [0.15, 0.2) is 0 Å². The van der Waals surface area contributed by atoms with Crippen LogP contribution in [0, 0.1) is 10.1 Å². The number of nitrogens with zero attached hydrogens (tertiary/aromatic N) is 3. The molecule has 2 rings (SSSR count). The number of benzene rings is 1. The third-order valence-electron chi connectivity index (χ3n) is 1.25. The van der Waals surface area contributed by atoms with E-state index in [4.69, 9.17) is 0 Å². The van der Waals surface area contributed by atoms with Crippen LogP contribution in [0.3, 0.4) is 0 Å². The topological polar surface area (TPSA) is 82.1 Å². The molecule has 1 heterocycles. The van der Waals surface area contributed by atoms with Gasteiger partial charge >= 0.3 is 0 Å². The summed E-state index contributed by atoms with van der Waals surface area (Å²) in [7, 11) is 0. The Balaban J connectivity index is 0.000000165. The number of nitro benzene ring substituents is 1. The first-order valence-electron chi connectivity index (χ1n) is 3.71. The first kappa shape index (κ1) is 9.85. The number of aromatic nitrogens is 2. The van der Waals surface area contributed by atoms with E-state index >= 15 is 0 Å². The summed E-state index contributed by atoms with van der Waals surface area (Å²) >= 11 is 0. The summed E-state index contributed by atoms with van der Waals surface area (Å²) in [4.78, 5) is 9.59. The van der Waals surface area contributed by atoms with Gasteiger partial charge in [0.2, 0.25) is 0 Å². The molecule has 2 aromatic rings. The quantitative estimate of drug-likeness (QED) is 0.508. The van der Waals surface area contributed by atoms with E-state index in [1.165, 1.54) is 24.5 Å². The van der Waals surface area contributed by atoms with Gasteiger partial charge in [-0.25, -0.2) is 4.63 Å². The van der Waals surface area contributed by atoms with Crippen molar-refractivity contribution in [2.45, 2.75) is 0 Å². The van der Waals surface area contributed by atoms with Gasteiger partial charge in [-0.05, 0) is 0 Å². The van der Waals surface area contributed by atoms with E-state index in [-0.39, 0.29) is 5.69 Å². The lowest BCUT2D eigenvalue weighted by molar-refractivity contribution is -0.384. The molecule has 6 nitrogen and oxygen atoms in total. The molecule has 1 aromatic carbocycles. The highest BCUT2D eigenvalue weighted by Crippen LogP contribution is 2.06. The second-order valence-electron chi connectivity index (χ2n) is 2.18. The Kier molecular flexibility index (Phi) is 3.81. The molecule has 0 saturated carbocycles. The number of non-ortho nitro benzene ring substituents is 1. The average Bonchev–Trinajstić information content (AvgIpc) is 2.77. The zero-order chi connectivity index (χ0) is 10.2. The van der Waals surface area contributed by atoms with Crippen LogP contribution in [0.25, 0.3) is 0 Å². The van der Waals surface area contributed by atoms with Crippen LogP contribution in [0.5, 0.6) is 0 Å². The van der Waals surface area contributed by atoms with E-state index in [1.54, 1.807) is 18.2 Å². The monoisotopic (exact) mass is 193 g/mol. The standard InChI is InChI=1S/C6H5NO2.C2H2N2O/c8-7(9)6-4-2-1-3-5-6;1-2-4-5-3-1/h1-5H;1-2H. The highest BCUT2D eigenvalue weighted by Gasteiger charge is 1.98. The second kappa shape index (κ2) is 5.41. The van der Waals surface area contributed by atoms with E-state index in [0.717, 1.165) is 0 Å². The Morgan fingerprint density at radius 1 is 1.14 bits per heavy atom. The minimum absolute atomic E-state index is 0.137. The molecule has 0 radical (unpaired) electrons. The maximum Gasteiger partial charge on any atom is 0.269 e. The largest absolute Gasteiger partial charge is 0.269 e. The molecule has 14 heavy (non-hydrogen) atoms. The lowest BCUT2D eigenvalue weighted by Crippen LogP contribution is -1.84. The molecule has 0 unspecified atom stereocenters. The minimum Gasteiger partial charge on any atom is -0.258 e. The lowest BCUT2D eigenvalue weighted by Gasteiger charge is -1.85. The summed E-state index contributed by atoms with van der Waals surface area (Å²) < 4.78 is 4.08. The Labute approximate surface area is 79.3 Å².